The third kappa shape index (κ3) is 4.65. The smallest absolute Gasteiger partial charge is 0.275 e. The zero-order chi connectivity index (χ0) is 18.5. The minimum atomic E-state index is 0.00531. The van der Waals surface area contributed by atoms with E-state index in [0.29, 0.717) is 6.54 Å². The Morgan fingerprint density at radius 2 is 1.81 bits per heavy atom. The van der Waals surface area contributed by atoms with Gasteiger partial charge in [-0.2, -0.15) is 0 Å². The number of carbonyl (C=O) groups is 1. The molecule has 0 unspecified atom stereocenters. The summed E-state index contributed by atoms with van der Waals surface area (Å²) in [6.07, 6.45) is 0. The van der Waals surface area contributed by atoms with Gasteiger partial charge in [-0.1, -0.05) is 52.3 Å². The van der Waals surface area contributed by atoms with E-state index < -0.39 is 0 Å². The summed E-state index contributed by atoms with van der Waals surface area (Å²) in [6.45, 7) is 8.70. The van der Waals surface area contributed by atoms with Gasteiger partial charge in [0.1, 0.15) is 0 Å². The summed E-state index contributed by atoms with van der Waals surface area (Å²) < 4.78 is 1.03. The lowest BCUT2D eigenvalue weighted by Gasteiger charge is -2.34. The fourth-order valence-electron chi connectivity index (χ4n) is 3.58. The van der Waals surface area contributed by atoms with Gasteiger partial charge >= 0.3 is 0 Å². The molecule has 3 rings (SSSR count). The zero-order valence-electron chi connectivity index (χ0n) is 15.5. The van der Waals surface area contributed by atoms with E-state index in [0.717, 1.165) is 36.2 Å². The number of piperazine rings is 1. The number of nitrogens with zero attached hydrogens (tertiary/aromatic N) is 1. The first-order chi connectivity index (χ1) is 12.5. The molecule has 1 atom stereocenters. The van der Waals surface area contributed by atoms with Crippen LogP contribution in [0.2, 0.25) is 0 Å². The molecule has 0 saturated carbocycles. The van der Waals surface area contributed by atoms with Crippen LogP contribution in [0.25, 0.3) is 0 Å². The Morgan fingerprint density at radius 3 is 2.50 bits per heavy atom. The molecule has 2 aromatic carbocycles. The molecule has 1 aliphatic rings. The Hall–Kier alpha value is -1.85. The molecule has 0 aliphatic carbocycles. The molecule has 1 fully saturated rings. The third-order valence-corrected chi connectivity index (χ3v) is 5.81. The summed E-state index contributed by atoms with van der Waals surface area (Å²) in [6, 6.07) is 16.6. The van der Waals surface area contributed by atoms with Crippen LogP contribution >= 0.6 is 15.9 Å². The second-order valence-corrected chi connectivity index (χ2v) is 7.87. The van der Waals surface area contributed by atoms with E-state index >= 15 is 0 Å². The molecule has 2 N–H and O–H groups in total. The summed E-state index contributed by atoms with van der Waals surface area (Å²) in [4.78, 5) is 16.2. The van der Waals surface area contributed by atoms with Crippen molar-refractivity contribution in [1.82, 2.24) is 5.32 Å². The predicted octanol–water partition coefficient (Wildman–Crippen LogP) is 2.34. The highest BCUT2D eigenvalue weighted by Crippen LogP contribution is 2.22. The maximum Gasteiger partial charge on any atom is 0.275 e. The van der Waals surface area contributed by atoms with Gasteiger partial charge in [0.05, 0.1) is 32.2 Å². The topological polar surface area (TPSA) is 36.8 Å². The van der Waals surface area contributed by atoms with Crippen LogP contribution in [0.5, 0.6) is 0 Å². The highest BCUT2D eigenvalue weighted by Gasteiger charge is 2.23. The number of benzene rings is 2. The van der Waals surface area contributed by atoms with Crippen molar-refractivity contribution in [3.05, 3.63) is 64.1 Å². The van der Waals surface area contributed by atoms with Gasteiger partial charge in [-0.15, -0.1) is 0 Å². The van der Waals surface area contributed by atoms with Crippen molar-refractivity contribution < 1.29 is 9.69 Å². The molecule has 4 nitrogen and oxygen atoms in total. The van der Waals surface area contributed by atoms with Crippen LogP contribution in [0.3, 0.4) is 0 Å². The first-order valence-corrected chi connectivity index (χ1v) is 10.0. The first kappa shape index (κ1) is 18.9. The van der Waals surface area contributed by atoms with E-state index in [-0.39, 0.29) is 11.9 Å². The maximum atomic E-state index is 12.5. The van der Waals surface area contributed by atoms with E-state index in [1.807, 2.05) is 31.2 Å². The minimum absolute atomic E-state index is 0.00531. The molecule has 0 radical (unpaired) electrons. The molecule has 0 aromatic heterocycles. The number of carbonyl (C=O) groups excluding carboxylic acids is 1. The van der Waals surface area contributed by atoms with Crippen molar-refractivity contribution in [3.63, 3.8) is 0 Å². The van der Waals surface area contributed by atoms with Gasteiger partial charge in [0.15, 0.2) is 6.54 Å². The monoisotopic (exact) mass is 416 g/mol. The number of amides is 1. The van der Waals surface area contributed by atoms with Gasteiger partial charge < -0.3 is 15.1 Å². The van der Waals surface area contributed by atoms with Crippen LogP contribution in [-0.4, -0.2) is 38.6 Å². The number of para-hydroxylation sites is 1. The quantitative estimate of drug-likeness (QED) is 0.784. The maximum absolute atomic E-state index is 12.5. The van der Waals surface area contributed by atoms with Crippen molar-refractivity contribution in [2.45, 2.75) is 19.9 Å². The average Bonchev–Trinajstić information content (AvgIpc) is 2.63. The van der Waals surface area contributed by atoms with Crippen LogP contribution in [-0.2, 0) is 4.79 Å². The summed E-state index contributed by atoms with van der Waals surface area (Å²) in [5.74, 6) is 0.118. The number of hydrogen-bond acceptors (Lipinski definition) is 2. The van der Waals surface area contributed by atoms with E-state index in [1.165, 1.54) is 16.2 Å². The first-order valence-electron chi connectivity index (χ1n) is 9.22. The van der Waals surface area contributed by atoms with Gasteiger partial charge in [0, 0.05) is 10.2 Å². The number of hydrogen-bond donors (Lipinski definition) is 2. The van der Waals surface area contributed by atoms with Crippen LogP contribution in [0.4, 0.5) is 5.69 Å². The summed E-state index contributed by atoms with van der Waals surface area (Å²) in [5.41, 5.74) is 3.75. The van der Waals surface area contributed by atoms with Gasteiger partial charge in [-0.3, -0.25) is 4.79 Å². The Labute approximate surface area is 164 Å². The molecular formula is C21H27BrN3O+. The molecule has 1 aliphatic heterocycles. The van der Waals surface area contributed by atoms with Crippen LogP contribution in [0.1, 0.15) is 24.1 Å². The predicted molar refractivity (Wildman–Crippen MR) is 110 cm³/mol. The molecule has 26 heavy (non-hydrogen) atoms. The fraction of sp³-hybridized carbons (Fsp3) is 0.381. The molecule has 1 amide bonds. The Balaban J connectivity index is 1.49. The van der Waals surface area contributed by atoms with Crippen molar-refractivity contribution in [1.29, 1.82) is 0 Å². The van der Waals surface area contributed by atoms with E-state index in [2.05, 4.69) is 57.3 Å². The second-order valence-electron chi connectivity index (χ2n) is 7.01. The summed E-state index contributed by atoms with van der Waals surface area (Å²) in [7, 11) is 0. The van der Waals surface area contributed by atoms with Gasteiger partial charge in [-0.05, 0) is 37.1 Å². The van der Waals surface area contributed by atoms with Crippen LogP contribution in [0.15, 0.2) is 53.0 Å². The van der Waals surface area contributed by atoms with Crippen molar-refractivity contribution >= 4 is 27.5 Å². The van der Waals surface area contributed by atoms with Crippen molar-refractivity contribution in [2.24, 2.45) is 0 Å². The standard InChI is InChI=1S/C21H26BrN3O/c1-16-7-3-6-10-20(16)25-13-11-24(12-14-25)15-21(26)23-17(2)18-8-4-5-9-19(18)22/h3-10,17H,11-15H2,1-2H3,(H,23,26)/p+1/t17-/m1/s1. The number of rotatable bonds is 5. The molecule has 0 spiro atoms. The lowest BCUT2D eigenvalue weighted by Crippen LogP contribution is -3.16. The molecular weight excluding hydrogens is 390 g/mol. The molecule has 0 bridgehead atoms. The molecule has 1 saturated heterocycles. The molecule has 1 heterocycles. The second kappa shape index (κ2) is 8.69. The van der Waals surface area contributed by atoms with Gasteiger partial charge in [0.25, 0.3) is 5.91 Å². The highest BCUT2D eigenvalue weighted by atomic mass is 79.9. The van der Waals surface area contributed by atoms with Gasteiger partial charge in [-0.25, -0.2) is 0 Å². The average molecular weight is 417 g/mol. The number of quaternary nitrogens is 1. The Morgan fingerprint density at radius 1 is 1.15 bits per heavy atom. The van der Waals surface area contributed by atoms with E-state index in [4.69, 9.17) is 0 Å². The van der Waals surface area contributed by atoms with Crippen molar-refractivity contribution in [3.8, 4) is 0 Å². The highest BCUT2D eigenvalue weighted by molar-refractivity contribution is 9.10. The van der Waals surface area contributed by atoms with E-state index in [1.54, 1.807) is 0 Å². The normalized spacial score (nSPS) is 16.3. The number of halogens is 1. The number of nitrogens with one attached hydrogen (secondary N) is 2. The summed E-state index contributed by atoms with van der Waals surface area (Å²) in [5, 5.41) is 3.13. The Bertz CT molecular complexity index is 756. The van der Waals surface area contributed by atoms with Gasteiger partial charge in [0.2, 0.25) is 0 Å². The zero-order valence-corrected chi connectivity index (χ0v) is 17.1. The Kier molecular flexibility index (Phi) is 6.33. The number of aryl methyl sites for hydroxylation is 1. The molecule has 138 valence electrons. The fourth-order valence-corrected chi connectivity index (χ4v) is 4.21. The lowest BCUT2D eigenvalue weighted by atomic mass is 10.1. The SMILES string of the molecule is Cc1ccccc1N1CC[NH+](CC(=O)N[C@H](C)c2ccccc2Br)CC1. The van der Waals surface area contributed by atoms with Crippen molar-refractivity contribution in [2.75, 3.05) is 37.6 Å². The minimum Gasteiger partial charge on any atom is -0.360 e. The lowest BCUT2D eigenvalue weighted by molar-refractivity contribution is -0.892. The summed E-state index contributed by atoms with van der Waals surface area (Å²) >= 11 is 3.56. The number of anilines is 1. The van der Waals surface area contributed by atoms with Crippen LogP contribution < -0.4 is 15.1 Å². The van der Waals surface area contributed by atoms with E-state index in [9.17, 15) is 4.79 Å². The molecule has 2 aromatic rings. The third-order valence-electron chi connectivity index (χ3n) is 5.09. The van der Waals surface area contributed by atoms with Crippen LogP contribution in [0, 0.1) is 6.92 Å². The largest absolute Gasteiger partial charge is 0.360 e. The molecule has 5 heteroatoms.